The minimum atomic E-state index is -0.0948. The van der Waals surface area contributed by atoms with E-state index in [1.807, 2.05) is 18.2 Å². The van der Waals surface area contributed by atoms with Gasteiger partial charge in [0.25, 0.3) is 0 Å². The van der Waals surface area contributed by atoms with Crippen LogP contribution in [-0.2, 0) is 5.41 Å². The van der Waals surface area contributed by atoms with Gasteiger partial charge in [0, 0.05) is 48.5 Å². The molecule has 222 valence electrons. The third kappa shape index (κ3) is 3.73. The SMILES string of the molecule is CC1(C)c2ccccc2-c2ccc3c(c21)c1ccccc1n3-c1ccc(-c2nc(-c3ccccc3)nc3sc4ccccc4c23)cc1. The molecule has 1 aliphatic carbocycles. The number of benzene rings is 6. The van der Waals surface area contributed by atoms with Crippen molar-refractivity contribution in [1.82, 2.24) is 14.5 Å². The van der Waals surface area contributed by atoms with E-state index >= 15 is 0 Å². The highest BCUT2D eigenvalue weighted by Crippen LogP contribution is 2.53. The molecule has 0 saturated heterocycles. The maximum absolute atomic E-state index is 5.22. The number of hydrogen-bond donors (Lipinski definition) is 0. The number of para-hydroxylation sites is 1. The lowest BCUT2D eigenvalue weighted by molar-refractivity contribution is 0.666. The Kier molecular flexibility index (Phi) is 5.50. The summed E-state index contributed by atoms with van der Waals surface area (Å²) < 4.78 is 3.65. The molecule has 0 atom stereocenters. The van der Waals surface area contributed by atoms with Crippen LogP contribution in [0.5, 0.6) is 0 Å². The van der Waals surface area contributed by atoms with Gasteiger partial charge in [-0.25, -0.2) is 9.97 Å². The summed E-state index contributed by atoms with van der Waals surface area (Å²) in [4.78, 5) is 11.3. The van der Waals surface area contributed by atoms with Crippen molar-refractivity contribution in [2.45, 2.75) is 19.3 Å². The van der Waals surface area contributed by atoms with Gasteiger partial charge in [-0.2, -0.15) is 0 Å². The zero-order valence-corrected chi connectivity index (χ0v) is 26.8. The molecule has 47 heavy (non-hydrogen) atoms. The molecule has 4 heteroatoms. The summed E-state index contributed by atoms with van der Waals surface area (Å²) in [6.07, 6.45) is 0. The summed E-state index contributed by atoms with van der Waals surface area (Å²) in [6.45, 7) is 4.75. The molecule has 0 bridgehead atoms. The highest BCUT2D eigenvalue weighted by atomic mass is 32.1. The Morgan fingerprint density at radius 2 is 1.28 bits per heavy atom. The fourth-order valence-electron chi connectivity index (χ4n) is 7.93. The summed E-state index contributed by atoms with van der Waals surface area (Å²) in [5, 5.41) is 4.95. The van der Waals surface area contributed by atoms with Crippen molar-refractivity contribution in [1.29, 1.82) is 0 Å². The van der Waals surface area contributed by atoms with E-state index in [4.69, 9.17) is 9.97 Å². The molecular weight excluding hydrogens is 591 g/mol. The van der Waals surface area contributed by atoms with E-state index in [2.05, 4.69) is 140 Å². The molecule has 10 rings (SSSR count). The van der Waals surface area contributed by atoms with Crippen LogP contribution in [0.3, 0.4) is 0 Å². The van der Waals surface area contributed by atoms with Crippen molar-refractivity contribution in [2.75, 3.05) is 0 Å². The average Bonchev–Trinajstić information content (AvgIpc) is 3.74. The van der Waals surface area contributed by atoms with E-state index < -0.39 is 0 Å². The minimum absolute atomic E-state index is 0.0948. The zero-order chi connectivity index (χ0) is 31.3. The minimum Gasteiger partial charge on any atom is -0.309 e. The van der Waals surface area contributed by atoms with Crippen LogP contribution >= 0.6 is 11.3 Å². The lowest BCUT2D eigenvalue weighted by Gasteiger charge is -2.22. The van der Waals surface area contributed by atoms with Crippen LogP contribution in [-0.4, -0.2) is 14.5 Å². The monoisotopic (exact) mass is 619 g/mol. The fraction of sp³-hybridized carbons (Fsp3) is 0.0698. The molecule has 3 heterocycles. The second-order valence-electron chi connectivity index (χ2n) is 13.0. The van der Waals surface area contributed by atoms with E-state index in [1.54, 1.807) is 11.3 Å². The first-order chi connectivity index (χ1) is 23.1. The molecule has 1 aliphatic rings. The Morgan fingerprint density at radius 3 is 2.13 bits per heavy atom. The van der Waals surface area contributed by atoms with Gasteiger partial charge in [-0.1, -0.05) is 123 Å². The van der Waals surface area contributed by atoms with Gasteiger partial charge in [0.15, 0.2) is 5.82 Å². The molecule has 0 unspecified atom stereocenters. The molecule has 9 aromatic rings. The molecule has 3 aromatic heterocycles. The second kappa shape index (κ2) is 9.71. The molecule has 0 N–H and O–H groups in total. The van der Waals surface area contributed by atoms with Crippen LogP contribution in [0.15, 0.2) is 140 Å². The van der Waals surface area contributed by atoms with Crippen LogP contribution in [0, 0.1) is 0 Å². The zero-order valence-electron chi connectivity index (χ0n) is 26.0. The fourth-order valence-corrected chi connectivity index (χ4v) is 9.00. The molecule has 0 radical (unpaired) electrons. The van der Waals surface area contributed by atoms with E-state index in [9.17, 15) is 0 Å². The molecule has 0 fully saturated rings. The summed E-state index contributed by atoms with van der Waals surface area (Å²) in [7, 11) is 0. The van der Waals surface area contributed by atoms with Gasteiger partial charge in [-0.15, -0.1) is 11.3 Å². The number of thiophene rings is 1. The van der Waals surface area contributed by atoms with Crippen molar-refractivity contribution in [3.8, 4) is 39.5 Å². The van der Waals surface area contributed by atoms with Crippen LogP contribution in [0.4, 0.5) is 0 Å². The summed E-state index contributed by atoms with van der Waals surface area (Å²) in [5.41, 5.74) is 12.1. The van der Waals surface area contributed by atoms with Crippen LogP contribution in [0.2, 0.25) is 0 Å². The Balaban J connectivity index is 1.19. The molecule has 3 nitrogen and oxygen atoms in total. The summed E-state index contributed by atoms with van der Waals surface area (Å²) in [6, 6.07) is 50.2. The molecule has 0 saturated carbocycles. The quantitative estimate of drug-likeness (QED) is 0.197. The molecule has 6 aromatic carbocycles. The lowest BCUT2D eigenvalue weighted by Crippen LogP contribution is -2.15. The van der Waals surface area contributed by atoms with Crippen LogP contribution in [0.1, 0.15) is 25.0 Å². The smallest absolute Gasteiger partial charge is 0.161 e. The maximum Gasteiger partial charge on any atom is 0.161 e. The van der Waals surface area contributed by atoms with E-state index in [1.165, 1.54) is 54.1 Å². The van der Waals surface area contributed by atoms with Crippen molar-refractivity contribution in [3.05, 3.63) is 151 Å². The normalized spacial score (nSPS) is 13.5. The van der Waals surface area contributed by atoms with Crippen molar-refractivity contribution in [3.63, 3.8) is 0 Å². The Hall–Kier alpha value is -5.58. The topological polar surface area (TPSA) is 30.7 Å². The van der Waals surface area contributed by atoms with Crippen LogP contribution in [0.25, 0.3) is 81.6 Å². The third-order valence-corrected chi connectivity index (χ3v) is 11.1. The lowest BCUT2D eigenvalue weighted by atomic mass is 9.80. The maximum atomic E-state index is 5.22. The van der Waals surface area contributed by atoms with E-state index in [0.717, 1.165) is 38.5 Å². The Morgan fingerprint density at radius 1 is 0.553 bits per heavy atom. The first-order valence-corrected chi connectivity index (χ1v) is 16.9. The van der Waals surface area contributed by atoms with Gasteiger partial charge in [0.2, 0.25) is 0 Å². The summed E-state index contributed by atoms with van der Waals surface area (Å²) >= 11 is 1.73. The van der Waals surface area contributed by atoms with Crippen LogP contribution < -0.4 is 0 Å². The predicted octanol–water partition coefficient (Wildman–Crippen LogP) is 11.6. The number of fused-ring (bicyclic) bond motifs is 10. The van der Waals surface area contributed by atoms with Gasteiger partial charge in [0.05, 0.1) is 16.7 Å². The Bertz CT molecular complexity index is 2700. The van der Waals surface area contributed by atoms with E-state index in [0.29, 0.717) is 0 Å². The Labute approximate surface area is 276 Å². The summed E-state index contributed by atoms with van der Waals surface area (Å²) in [5.74, 6) is 0.753. The third-order valence-electron chi connectivity index (χ3n) is 10.0. The molecule has 0 aliphatic heterocycles. The highest BCUT2D eigenvalue weighted by Gasteiger charge is 2.38. The van der Waals surface area contributed by atoms with Gasteiger partial charge >= 0.3 is 0 Å². The molecule has 0 spiro atoms. The van der Waals surface area contributed by atoms with Gasteiger partial charge in [-0.3, -0.25) is 0 Å². The first-order valence-electron chi connectivity index (χ1n) is 16.1. The molecule has 0 amide bonds. The second-order valence-corrected chi connectivity index (χ2v) is 14.0. The predicted molar refractivity (Wildman–Crippen MR) is 198 cm³/mol. The number of aromatic nitrogens is 3. The van der Waals surface area contributed by atoms with Gasteiger partial charge in [-0.05, 0) is 52.6 Å². The van der Waals surface area contributed by atoms with Crippen molar-refractivity contribution < 1.29 is 0 Å². The average molecular weight is 620 g/mol. The van der Waals surface area contributed by atoms with Gasteiger partial charge in [0.1, 0.15) is 4.83 Å². The number of rotatable bonds is 3. The van der Waals surface area contributed by atoms with Gasteiger partial charge < -0.3 is 4.57 Å². The van der Waals surface area contributed by atoms with Crippen molar-refractivity contribution in [2.24, 2.45) is 0 Å². The number of hydrogen-bond acceptors (Lipinski definition) is 3. The standard InChI is InChI=1S/C43H29N3S/c1-43(2)33-17-9-6-14-29(33)30-24-25-35-37(39(30)43)31-15-7-10-18-34(31)46(35)28-22-20-26(21-23-28)40-38-32-16-8-11-19-36(32)47-42(38)45-41(44-40)27-12-4-3-5-13-27/h3-25H,1-2H3. The largest absolute Gasteiger partial charge is 0.309 e. The first kappa shape index (κ1) is 26.6. The van der Waals surface area contributed by atoms with Crippen molar-refractivity contribution >= 4 is 53.4 Å². The van der Waals surface area contributed by atoms with E-state index in [-0.39, 0.29) is 5.41 Å². The number of nitrogens with zero attached hydrogens (tertiary/aromatic N) is 3. The highest BCUT2D eigenvalue weighted by molar-refractivity contribution is 7.25. The molecular formula is C43H29N3S.